The largest absolute Gasteiger partial charge is 0.480 e. The fourth-order valence-electron chi connectivity index (χ4n) is 1.72. The molecule has 1 aromatic rings. The Labute approximate surface area is 128 Å². The zero-order valence-electron chi connectivity index (χ0n) is 11.8. The minimum Gasteiger partial charge on any atom is -0.480 e. The Morgan fingerprint density at radius 1 is 1.33 bits per heavy atom. The van der Waals surface area contributed by atoms with Crippen molar-refractivity contribution in [2.24, 2.45) is 0 Å². The van der Waals surface area contributed by atoms with Crippen LogP contribution in [0, 0.1) is 0 Å². The maximum Gasteiger partial charge on any atom is 0.323 e. The third kappa shape index (κ3) is 4.44. The smallest absolute Gasteiger partial charge is 0.323 e. The van der Waals surface area contributed by atoms with E-state index in [9.17, 15) is 18.0 Å². The van der Waals surface area contributed by atoms with Gasteiger partial charge in [0, 0.05) is 17.9 Å². The molecular weight excluding hydrogens is 318 g/mol. The summed E-state index contributed by atoms with van der Waals surface area (Å²) in [5.74, 6) is -1.71. The van der Waals surface area contributed by atoms with E-state index in [0.717, 1.165) is 17.2 Å². The number of nitrogens with zero attached hydrogens (tertiary/aromatic N) is 1. The molecule has 8 heteroatoms. The fourth-order valence-corrected chi connectivity index (χ4v) is 3.02. The van der Waals surface area contributed by atoms with Crippen molar-refractivity contribution in [1.29, 1.82) is 0 Å². The summed E-state index contributed by atoms with van der Waals surface area (Å²) in [6.45, 7) is 2.88. The van der Waals surface area contributed by atoms with Gasteiger partial charge in [0.15, 0.2) is 9.84 Å². The lowest BCUT2D eigenvalue weighted by molar-refractivity contribution is -0.138. The lowest BCUT2D eigenvalue weighted by atomic mass is 10.1. The van der Waals surface area contributed by atoms with Gasteiger partial charge in [-0.05, 0) is 32.0 Å². The first kappa shape index (κ1) is 17.5. The van der Waals surface area contributed by atoms with Crippen molar-refractivity contribution >= 4 is 33.3 Å². The molecule has 1 amide bonds. The summed E-state index contributed by atoms with van der Waals surface area (Å²) in [5, 5.41) is 8.86. The lowest BCUT2D eigenvalue weighted by Crippen LogP contribution is -2.40. The highest BCUT2D eigenvalue weighted by Gasteiger charge is 2.23. The van der Waals surface area contributed by atoms with Crippen LogP contribution in [0.25, 0.3) is 0 Å². The van der Waals surface area contributed by atoms with Gasteiger partial charge >= 0.3 is 5.97 Å². The molecule has 1 aromatic carbocycles. The van der Waals surface area contributed by atoms with Gasteiger partial charge < -0.3 is 10.0 Å². The Morgan fingerprint density at radius 3 is 2.33 bits per heavy atom. The monoisotopic (exact) mass is 333 g/mol. The summed E-state index contributed by atoms with van der Waals surface area (Å²) in [4.78, 5) is 24.1. The molecule has 1 N–H and O–H groups in total. The van der Waals surface area contributed by atoms with E-state index in [2.05, 4.69) is 0 Å². The van der Waals surface area contributed by atoms with Crippen molar-refractivity contribution in [1.82, 2.24) is 4.90 Å². The summed E-state index contributed by atoms with van der Waals surface area (Å²) in [7, 11) is -3.58. The molecule has 6 nitrogen and oxygen atoms in total. The first-order valence-electron chi connectivity index (χ1n) is 6.06. The van der Waals surface area contributed by atoms with Gasteiger partial charge in [-0.1, -0.05) is 11.6 Å². The fraction of sp³-hybridized carbons (Fsp3) is 0.385. The second kappa shape index (κ2) is 6.44. The molecule has 0 aliphatic rings. The molecule has 1 rings (SSSR count). The van der Waals surface area contributed by atoms with E-state index in [4.69, 9.17) is 16.7 Å². The molecule has 0 saturated carbocycles. The number of carbonyl (C=O) groups is 2. The van der Waals surface area contributed by atoms with Crippen LogP contribution in [0.5, 0.6) is 0 Å². The number of aliphatic carboxylic acids is 1. The van der Waals surface area contributed by atoms with Crippen molar-refractivity contribution < 1.29 is 23.1 Å². The van der Waals surface area contributed by atoms with E-state index in [1.807, 2.05) is 0 Å². The third-order valence-corrected chi connectivity index (χ3v) is 4.35. The summed E-state index contributed by atoms with van der Waals surface area (Å²) in [6, 6.07) is 3.50. The van der Waals surface area contributed by atoms with Gasteiger partial charge in [0.05, 0.1) is 9.92 Å². The number of rotatable bonds is 5. The van der Waals surface area contributed by atoms with Crippen molar-refractivity contribution in [3.8, 4) is 0 Å². The van der Waals surface area contributed by atoms with Crippen LogP contribution in [0.4, 0.5) is 0 Å². The van der Waals surface area contributed by atoms with Gasteiger partial charge in [0.25, 0.3) is 5.91 Å². The first-order chi connectivity index (χ1) is 9.54. The van der Waals surface area contributed by atoms with Crippen LogP contribution in [0.15, 0.2) is 23.1 Å². The number of sulfone groups is 1. The van der Waals surface area contributed by atoms with Gasteiger partial charge in [-0.2, -0.15) is 0 Å². The molecule has 0 atom stereocenters. The molecule has 0 unspecified atom stereocenters. The number of benzene rings is 1. The second-order valence-electron chi connectivity index (χ2n) is 4.84. The average molecular weight is 334 g/mol. The quantitative estimate of drug-likeness (QED) is 0.885. The SMILES string of the molecule is CC(C)N(CC(=O)O)C(=O)c1ccc(Cl)c(S(C)(=O)=O)c1. The van der Waals surface area contributed by atoms with Crippen LogP contribution < -0.4 is 0 Å². The van der Waals surface area contributed by atoms with Gasteiger partial charge in [-0.25, -0.2) is 8.42 Å². The first-order valence-corrected chi connectivity index (χ1v) is 8.33. The minimum atomic E-state index is -3.58. The maximum atomic E-state index is 12.3. The molecule has 0 bridgehead atoms. The molecule has 0 fully saturated rings. The molecule has 0 aliphatic heterocycles. The average Bonchev–Trinajstić information content (AvgIpc) is 2.33. The van der Waals surface area contributed by atoms with E-state index < -0.39 is 28.3 Å². The van der Waals surface area contributed by atoms with Gasteiger partial charge in [0.2, 0.25) is 0 Å². The summed E-state index contributed by atoms with van der Waals surface area (Å²) < 4.78 is 23.2. The van der Waals surface area contributed by atoms with Gasteiger partial charge in [0.1, 0.15) is 6.54 Å². The van der Waals surface area contributed by atoms with Crippen molar-refractivity contribution in [3.05, 3.63) is 28.8 Å². The van der Waals surface area contributed by atoms with E-state index in [1.165, 1.54) is 12.1 Å². The number of carboxylic acid groups (broad SMARTS) is 1. The molecule has 0 aliphatic carbocycles. The van der Waals surface area contributed by atoms with Crippen molar-refractivity contribution in [2.75, 3.05) is 12.8 Å². The molecular formula is C13H16ClNO5S. The van der Waals surface area contributed by atoms with Crippen LogP contribution in [0.2, 0.25) is 5.02 Å². The number of hydrogen-bond donors (Lipinski definition) is 1. The van der Waals surface area contributed by atoms with E-state index in [-0.39, 0.29) is 21.5 Å². The Bertz CT molecular complexity index is 669. The zero-order chi connectivity index (χ0) is 16.4. The topological polar surface area (TPSA) is 91.8 Å². The predicted octanol–water partition coefficient (Wildman–Crippen LogP) is 1.68. The number of carboxylic acids is 1. The van der Waals surface area contributed by atoms with Gasteiger partial charge in [-0.3, -0.25) is 9.59 Å². The van der Waals surface area contributed by atoms with E-state index in [0.29, 0.717) is 0 Å². The molecule has 0 spiro atoms. The van der Waals surface area contributed by atoms with Crippen LogP contribution in [0.1, 0.15) is 24.2 Å². The normalized spacial score (nSPS) is 11.5. The van der Waals surface area contributed by atoms with Gasteiger partial charge in [-0.15, -0.1) is 0 Å². The zero-order valence-corrected chi connectivity index (χ0v) is 13.4. The van der Waals surface area contributed by atoms with Crippen LogP contribution >= 0.6 is 11.6 Å². The number of hydrogen-bond acceptors (Lipinski definition) is 4. The highest BCUT2D eigenvalue weighted by molar-refractivity contribution is 7.90. The molecule has 0 radical (unpaired) electrons. The lowest BCUT2D eigenvalue weighted by Gasteiger charge is -2.25. The third-order valence-electron chi connectivity index (χ3n) is 2.77. The number of halogens is 1. The Balaban J connectivity index is 3.26. The highest BCUT2D eigenvalue weighted by atomic mass is 35.5. The standard InChI is InChI=1S/C13H16ClNO5S/c1-8(2)15(7-12(16)17)13(18)9-4-5-10(14)11(6-9)21(3,19)20/h4-6,8H,7H2,1-3H3,(H,16,17). The minimum absolute atomic E-state index is 0.0170. The molecule has 0 heterocycles. The Morgan fingerprint density at radius 2 is 1.90 bits per heavy atom. The van der Waals surface area contributed by atoms with Crippen molar-refractivity contribution in [3.63, 3.8) is 0 Å². The Kier molecular flexibility index (Phi) is 5.36. The molecule has 0 saturated heterocycles. The van der Waals surface area contributed by atoms with Crippen LogP contribution in [0.3, 0.4) is 0 Å². The number of carbonyl (C=O) groups excluding carboxylic acids is 1. The second-order valence-corrected chi connectivity index (χ2v) is 7.23. The maximum absolute atomic E-state index is 12.3. The highest BCUT2D eigenvalue weighted by Crippen LogP contribution is 2.23. The molecule has 0 aromatic heterocycles. The summed E-state index contributed by atoms with van der Waals surface area (Å²) in [5.41, 5.74) is 0.0785. The van der Waals surface area contributed by atoms with Crippen molar-refractivity contribution in [2.45, 2.75) is 24.8 Å². The van der Waals surface area contributed by atoms with E-state index >= 15 is 0 Å². The Hall–Kier alpha value is -1.60. The predicted molar refractivity (Wildman–Crippen MR) is 78.4 cm³/mol. The van der Waals surface area contributed by atoms with Crippen LogP contribution in [-0.2, 0) is 14.6 Å². The summed E-state index contributed by atoms with van der Waals surface area (Å²) >= 11 is 5.81. The molecule has 21 heavy (non-hydrogen) atoms. The van der Waals surface area contributed by atoms with E-state index in [1.54, 1.807) is 13.8 Å². The number of amides is 1. The van der Waals surface area contributed by atoms with Crippen LogP contribution in [-0.4, -0.2) is 49.1 Å². The summed E-state index contributed by atoms with van der Waals surface area (Å²) in [6.07, 6.45) is 0.986. The molecule has 116 valence electrons.